The highest BCUT2D eigenvalue weighted by Gasteiger charge is 2.35. The molecule has 10 heteroatoms. The molecule has 2 aromatic carbocycles. The van der Waals surface area contributed by atoms with E-state index in [1.165, 1.54) is 23.4 Å². The number of likely N-dealkylation sites (N-methyl/N-ethyl adjacent to an activating group) is 1. The summed E-state index contributed by atoms with van der Waals surface area (Å²) in [5, 5.41) is 16.2. The fourth-order valence-electron chi connectivity index (χ4n) is 3.15. The molecule has 0 fully saturated rings. The molecule has 0 saturated heterocycles. The summed E-state index contributed by atoms with van der Waals surface area (Å²) in [7, 11) is 1.73. The maximum atomic E-state index is 14.5. The Bertz CT molecular complexity index is 1000. The maximum Gasteiger partial charge on any atom is 0.137 e. The number of aliphatic hydroxyl groups is 1. The van der Waals surface area contributed by atoms with Crippen LogP contribution in [0, 0.1) is 11.6 Å². The quantitative estimate of drug-likeness (QED) is 0.525. The van der Waals surface area contributed by atoms with Crippen molar-refractivity contribution >= 4 is 34.8 Å². The zero-order valence-electron chi connectivity index (χ0n) is 15.3. The van der Waals surface area contributed by atoms with Gasteiger partial charge in [0.1, 0.15) is 29.9 Å². The van der Waals surface area contributed by atoms with Crippen molar-refractivity contribution in [2.75, 3.05) is 13.6 Å². The second-order valence-corrected chi connectivity index (χ2v) is 7.92. The normalized spacial score (nSPS) is 13.7. The topological polar surface area (TPSA) is 54.2 Å². The van der Waals surface area contributed by atoms with Gasteiger partial charge in [-0.3, -0.25) is 4.90 Å². The molecule has 0 amide bonds. The number of halogens is 5. The standard InChI is InChI=1S/C19H17Cl3F2N4O/c1-27(7-12-2-5-15(20)18(22)17(12)21)8-19(29,9-28-11-25-10-26-28)14-4-3-13(23)6-16(14)24/h2-6,10-11,29H,7-9H2,1H3. The van der Waals surface area contributed by atoms with E-state index in [1.807, 2.05) is 0 Å². The summed E-state index contributed by atoms with van der Waals surface area (Å²) in [6.07, 6.45) is 2.71. The van der Waals surface area contributed by atoms with Gasteiger partial charge in [0.2, 0.25) is 0 Å². The number of rotatable bonds is 7. The van der Waals surface area contributed by atoms with E-state index in [0.717, 1.165) is 12.1 Å². The van der Waals surface area contributed by atoms with Crippen molar-refractivity contribution in [2.24, 2.45) is 0 Å². The molecule has 29 heavy (non-hydrogen) atoms. The largest absolute Gasteiger partial charge is 0.382 e. The highest BCUT2D eigenvalue weighted by Crippen LogP contribution is 2.34. The Morgan fingerprint density at radius 2 is 1.90 bits per heavy atom. The molecular weight excluding hydrogens is 445 g/mol. The maximum absolute atomic E-state index is 14.5. The molecule has 0 saturated carbocycles. The fourth-order valence-corrected chi connectivity index (χ4v) is 3.77. The van der Waals surface area contributed by atoms with Gasteiger partial charge >= 0.3 is 0 Å². The van der Waals surface area contributed by atoms with E-state index in [0.29, 0.717) is 22.2 Å². The van der Waals surface area contributed by atoms with Crippen LogP contribution in [-0.4, -0.2) is 38.4 Å². The summed E-state index contributed by atoms with van der Waals surface area (Å²) >= 11 is 18.3. The van der Waals surface area contributed by atoms with Gasteiger partial charge in [0.25, 0.3) is 0 Å². The Labute approximate surface area is 181 Å². The Balaban J connectivity index is 1.89. The summed E-state index contributed by atoms with van der Waals surface area (Å²) in [6, 6.07) is 6.40. The van der Waals surface area contributed by atoms with Gasteiger partial charge in [-0.2, -0.15) is 5.10 Å². The van der Waals surface area contributed by atoms with Crippen molar-refractivity contribution in [2.45, 2.75) is 18.7 Å². The van der Waals surface area contributed by atoms with Crippen LogP contribution in [0.3, 0.4) is 0 Å². The van der Waals surface area contributed by atoms with Crippen LogP contribution >= 0.6 is 34.8 Å². The van der Waals surface area contributed by atoms with Gasteiger partial charge in [0.15, 0.2) is 0 Å². The molecule has 0 aliphatic heterocycles. The highest BCUT2D eigenvalue weighted by molar-refractivity contribution is 6.48. The number of hydrogen-bond donors (Lipinski definition) is 1. The number of benzene rings is 2. The first-order valence-electron chi connectivity index (χ1n) is 8.51. The molecule has 0 aliphatic carbocycles. The van der Waals surface area contributed by atoms with E-state index < -0.39 is 17.2 Å². The van der Waals surface area contributed by atoms with Crippen LogP contribution in [0.25, 0.3) is 0 Å². The third kappa shape index (κ3) is 5.05. The van der Waals surface area contributed by atoms with E-state index in [1.54, 1.807) is 24.1 Å². The molecule has 0 aliphatic rings. The molecule has 0 radical (unpaired) electrons. The van der Waals surface area contributed by atoms with Gasteiger partial charge in [-0.05, 0) is 24.7 Å². The second kappa shape index (κ2) is 8.93. The summed E-state index contributed by atoms with van der Waals surface area (Å²) in [5.41, 5.74) is -1.09. The first-order valence-corrected chi connectivity index (χ1v) is 9.64. The Morgan fingerprint density at radius 3 is 2.55 bits per heavy atom. The Kier molecular flexibility index (Phi) is 6.76. The number of aromatic nitrogens is 3. The molecule has 1 aromatic heterocycles. The Hall–Kier alpha value is -1.77. The first-order chi connectivity index (χ1) is 13.7. The summed E-state index contributed by atoms with van der Waals surface area (Å²) in [4.78, 5) is 5.58. The molecule has 3 rings (SSSR count). The highest BCUT2D eigenvalue weighted by atomic mass is 35.5. The van der Waals surface area contributed by atoms with Crippen LogP contribution in [0.1, 0.15) is 11.1 Å². The lowest BCUT2D eigenvalue weighted by molar-refractivity contribution is -0.0174. The zero-order chi connectivity index (χ0) is 21.2. The monoisotopic (exact) mass is 460 g/mol. The van der Waals surface area contributed by atoms with E-state index in [-0.39, 0.29) is 23.7 Å². The van der Waals surface area contributed by atoms with Crippen molar-refractivity contribution < 1.29 is 13.9 Å². The third-order valence-corrected chi connectivity index (χ3v) is 5.74. The zero-order valence-corrected chi connectivity index (χ0v) is 17.6. The Morgan fingerprint density at radius 1 is 1.14 bits per heavy atom. The van der Waals surface area contributed by atoms with Crippen molar-refractivity contribution in [1.82, 2.24) is 19.7 Å². The predicted molar refractivity (Wildman–Crippen MR) is 108 cm³/mol. The molecule has 1 atom stereocenters. The van der Waals surface area contributed by atoms with E-state index in [9.17, 15) is 13.9 Å². The molecule has 154 valence electrons. The summed E-state index contributed by atoms with van der Waals surface area (Å²) < 4.78 is 29.3. The summed E-state index contributed by atoms with van der Waals surface area (Å²) in [6.45, 7) is 0.208. The van der Waals surface area contributed by atoms with Crippen LogP contribution in [0.2, 0.25) is 15.1 Å². The first kappa shape index (κ1) is 21.9. The average Bonchev–Trinajstić information content (AvgIpc) is 3.14. The lowest BCUT2D eigenvalue weighted by Gasteiger charge is -2.33. The molecule has 1 N–H and O–H groups in total. The molecule has 1 unspecified atom stereocenters. The van der Waals surface area contributed by atoms with E-state index >= 15 is 0 Å². The minimum atomic E-state index is -1.72. The summed E-state index contributed by atoms with van der Waals surface area (Å²) in [5.74, 6) is -1.58. The molecule has 3 aromatic rings. The van der Waals surface area contributed by atoms with Gasteiger partial charge in [-0.1, -0.05) is 46.9 Å². The predicted octanol–water partition coefficient (Wildman–Crippen LogP) is 4.54. The van der Waals surface area contributed by atoms with Gasteiger partial charge in [-0.25, -0.2) is 18.4 Å². The van der Waals surface area contributed by atoms with Gasteiger partial charge in [-0.15, -0.1) is 0 Å². The van der Waals surface area contributed by atoms with Crippen LogP contribution in [0.15, 0.2) is 43.0 Å². The minimum absolute atomic E-state index is 0.00795. The average molecular weight is 462 g/mol. The van der Waals surface area contributed by atoms with E-state index in [4.69, 9.17) is 34.8 Å². The minimum Gasteiger partial charge on any atom is -0.382 e. The van der Waals surface area contributed by atoms with Gasteiger partial charge < -0.3 is 5.11 Å². The number of nitrogens with zero attached hydrogens (tertiary/aromatic N) is 4. The van der Waals surface area contributed by atoms with E-state index in [2.05, 4.69) is 10.1 Å². The van der Waals surface area contributed by atoms with Crippen molar-refractivity contribution in [3.63, 3.8) is 0 Å². The van der Waals surface area contributed by atoms with Crippen molar-refractivity contribution in [1.29, 1.82) is 0 Å². The molecule has 1 heterocycles. The SMILES string of the molecule is CN(Cc1ccc(Cl)c(Cl)c1Cl)CC(O)(Cn1cncn1)c1ccc(F)cc1F. The van der Waals surface area contributed by atoms with Gasteiger partial charge in [0, 0.05) is 24.7 Å². The van der Waals surface area contributed by atoms with Gasteiger partial charge in [0.05, 0.1) is 21.6 Å². The molecule has 0 bridgehead atoms. The molecule has 0 spiro atoms. The number of hydrogen-bond acceptors (Lipinski definition) is 4. The van der Waals surface area contributed by atoms with Crippen LogP contribution in [0.4, 0.5) is 8.78 Å². The second-order valence-electron chi connectivity index (χ2n) is 6.76. The lowest BCUT2D eigenvalue weighted by atomic mass is 9.92. The lowest BCUT2D eigenvalue weighted by Crippen LogP contribution is -2.43. The third-order valence-electron chi connectivity index (χ3n) is 4.41. The van der Waals surface area contributed by atoms with Crippen LogP contribution in [0.5, 0.6) is 0 Å². The fraction of sp³-hybridized carbons (Fsp3) is 0.263. The van der Waals surface area contributed by atoms with Crippen LogP contribution < -0.4 is 0 Å². The van der Waals surface area contributed by atoms with Crippen molar-refractivity contribution in [3.05, 3.63) is 80.8 Å². The van der Waals surface area contributed by atoms with Crippen molar-refractivity contribution in [3.8, 4) is 0 Å². The smallest absolute Gasteiger partial charge is 0.137 e. The molecular formula is C19H17Cl3F2N4O. The van der Waals surface area contributed by atoms with Crippen LogP contribution in [-0.2, 0) is 18.7 Å². The molecule has 5 nitrogen and oxygen atoms in total.